The van der Waals surface area contributed by atoms with E-state index in [1.807, 2.05) is 0 Å². The number of nitrogens with zero attached hydrogens (tertiary/aromatic N) is 2. The third-order valence-electron chi connectivity index (χ3n) is 1.68. The normalized spacial score (nSPS) is 10.4. The van der Waals surface area contributed by atoms with Gasteiger partial charge in [0.1, 0.15) is 6.07 Å². The summed E-state index contributed by atoms with van der Waals surface area (Å²) in [5.74, 6) is -0.633. The molecule has 5 heteroatoms. The van der Waals surface area contributed by atoms with E-state index in [4.69, 9.17) is 10.00 Å². The van der Waals surface area contributed by atoms with Crippen LogP contribution in [0.3, 0.4) is 0 Å². The molecular weight excluding hydrogens is 206 g/mol. The Labute approximate surface area is 93.4 Å². The summed E-state index contributed by atoms with van der Waals surface area (Å²) < 4.78 is 4.70. The van der Waals surface area contributed by atoms with E-state index in [-0.39, 0.29) is 12.2 Å². The monoisotopic (exact) mass is 217 g/mol. The first-order valence-corrected chi connectivity index (χ1v) is 4.72. The third kappa shape index (κ3) is 3.42. The summed E-state index contributed by atoms with van der Waals surface area (Å²) in [4.78, 5) is 15.1. The molecule has 1 rings (SSSR count). The van der Waals surface area contributed by atoms with Gasteiger partial charge in [-0.05, 0) is 19.1 Å². The van der Waals surface area contributed by atoms with Gasteiger partial charge in [-0.15, -0.1) is 0 Å². The summed E-state index contributed by atoms with van der Waals surface area (Å²) in [6.45, 7) is 1.93. The number of pyridine rings is 1. The van der Waals surface area contributed by atoms with Crippen LogP contribution in [-0.4, -0.2) is 17.6 Å². The zero-order valence-electron chi connectivity index (χ0n) is 8.80. The van der Waals surface area contributed by atoms with Gasteiger partial charge in [-0.3, -0.25) is 4.98 Å². The van der Waals surface area contributed by atoms with Gasteiger partial charge < -0.3 is 10.1 Å². The fourth-order valence-electron chi connectivity index (χ4n) is 0.949. The van der Waals surface area contributed by atoms with Gasteiger partial charge in [-0.1, -0.05) is 0 Å². The first kappa shape index (κ1) is 11.7. The van der Waals surface area contributed by atoms with E-state index in [2.05, 4.69) is 10.3 Å². The maximum absolute atomic E-state index is 11.2. The maximum Gasteiger partial charge on any atom is 0.350 e. The molecule has 16 heavy (non-hydrogen) atoms. The summed E-state index contributed by atoms with van der Waals surface area (Å²) in [7, 11) is 0. The van der Waals surface area contributed by atoms with Crippen LogP contribution in [0.2, 0.25) is 0 Å². The number of rotatable bonds is 4. The van der Waals surface area contributed by atoms with Gasteiger partial charge in [0.2, 0.25) is 0 Å². The second-order valence-corrected chi connectivity index (χ2v) is 2.77. The minimum Gasteiger partial charge on any atom is -0.462 e. The van der Waals surface area contributed by atoms with Crippen molar-refractivity contribution < 1.29 is 9.53 Å². The third-order valence-corrected chi connectivity index (χ3v) is 1.68. The molecule has 1 N–H and O–H groups in total. The number of hydrogen-bond acceptors (Lipinski definition) is 5. The van der Waals surface area contributed by atoms with Crippen molar-refractivity contribution in [2.45, 2.75) is 6.92 Å². The lowest BCUT2D eigenvalue weighted by atomic mass is 10.3. The number of carbonyl (C=O) groups excluding carboxylic acids is 1. The van der Waals surface area contributed by atoms with E-state index >= 15 is 0 Å². The number of ether oxygens (including phenoxy) is 1. The lowest BCUT2D eigenvalue weighted by Crippen LogP contribution is -2.07. The van der Waals surface area contributed by atoms with Crippen molar-refractivity contribution in [2.24, 2.45) is 0 Å². The van der Waals surface area contributed by atoms with Crippen molar-refractivity contribution in [1.29, 1.82) is 5.26 Å². The van der Waals surface area contributed by atoms with Crippen molar-refractivity contribution >= 4 is 11.7 Å². The number of nitriles is 1. The predicted octanol–water partition coefficient (Wildman–Crippen LogP) is 1.46. The second kappa shape index (κ2) is 6.19. The number of carbonyl (C=O) groups is 1. The van der Waals surface area contributed by atoms with Gasteiger partial charge in [0.05, 0.1) is 6.61 Å². The first-order valence-electron chi connectivity index (χ1n) is 4.72. The molecule has 0 spiro atoms. The van der Waals surface area contributed by atoms with Crippen LogP contribution >= 0.6 is 0 Å². The SMILES string of the molecule is CCOC(=O)/C(C#N)=C\Nc1ccncc1. The van der Waals surface area contributed by atoms with E-state index in [0.29, 0.717) is 0 Å². The number of esters is 1. The van der Waals surface area contributed by atoms with Gasteiger partial charge in [0, 0.05) is 24.3 Å². The molecule has 0 aromatic carbocycles. The molecule has 0 saturated carbocycles. The van der Waals surface area contributed by atoms with Crippen molar-refractivity contribution in [3.8, 4) is 6.07 Å². The molecule has 1 aromatic heterocycles. The molecule has 0 atom stereocenters. The zero-order valence-corrected chi connectivity index (χ0v) is 8.80. The Bertz CT molecular complexity index is 421. The van der Waals surface area contributed by atoms with E-state index in [9.17, 15) is 4.79 Å². The molecule has 0 radical (unpaired) electrons. The first-order chi connectivity index (χ1) is 7.77. The molecule has 0 bridgehead atoms. The Hall–Kier alpha value is -2.35. The highest BCUT2D eigenvalue weighted by molar-refractivity contribution is 5.93. The maximum atomic E-state index is 11.2. The molecule has 82 valence electrons. The van der Waals surface area contributed by atoms with Crippen LogP contribution in [0.1, 0.15) is 6.92 Å². The number of aromatic nitrogens is 1. The quantitative estimate of drug-likeness (QED) is 0.469. The Morgan fingerprint density at radius 2 is 2.31 bits per heavy atom. The van der Waals surface area contributed by atoms with Crippen molar-refractivity contribution in [3.63, 3.8) is 0 Å². The average molecular weight is 217 g/mol. The van der Waals surface area contributed by atoms with Crippen LogP contribution in [0.25, 0.3) is 0 Å². The number of nitrogens with one attached hydrogen (secondary N) is 1. The molecule has 1 heterocycles. The lowest BCUT2D eigenvalue weighted by Gasteiger charge is -2.01. The average Bonchev–Trinajstić information content (AvgIpc) is 2.31. The van der Waals surface area contributed by atoms with Gasteiger partial charge in [-0.2, -0.15) is 5.26 Å². The summed E-state index contributed by atoms with van der Waals surface area (Å²) in [5.41, 5.74) is 0.672. The van der Waals surface area contributed by atoms with Crippen LogP contribution < -0.4 is 5.32 Å². The molecule has 5 nitrogen and oxygen atoms in total. The van der Waals surface area contributed by atoms with E-state index in [1.165, 1.54) is 6.20 Å². The molecule has 0 aliphatic heterocycles. The minimum atomic E-state index is -0.633. The molecular formula is C11H11N3O2. The summed E-state index contributed by atoms with van der Waals surface area (Å²) in [6, 6.07) is 5.20. The summed E-state index contributed by atoms with van der Waals surface area (Å²) in [5, 5.41) is 11.5. The van der Waals surface area contributed by atoms with Gasteiger partial charge in [0.25, 0.3) is 0 Å². The van der Waals surface area contributed by atoms with Gasteiger partial charge in [0.15, 0.2) is 5.57 Å². The van der Waals surface area contributed by atoms with Crippen LogP contribution in [0.5, 0.6) is 0 Å². The fourth-order valence-corrected chi connectivity index (χ4v) is 0.949. The number of anilines is 1. The van der Waals surface area contributed by atoms with Gasteiger partial charge >= 0.3 is 5.97 Å². The van der Waals surface area contributed by atoms with Crippen LogP contribution in [-0.2, 0) is 9.53 Å². The highest BCUT2D eigenvalue weighted by Gasteiger charge is 2.08. The van der Waals surface area contributed by atoms with Crippen molar-refractivity contribution in [1.82, 2.24) is 4.98 Å². The zero-order chi connectivity index (χ0) is 11.8. The molecule has 1 aromatic rings. The largest absolute Gasteiger partial charge is 0.462 e. The minimum absolute atomic E-state index is 0.0707. The van der Waals surface area contributed by atoms with Crippen molar-refractivity contribution in [2.75, 3.05) is 11.9 Å². The summed E-state index contributed by atoms with van der Waals surface area (Å²) in [6.07, 6.45) is 4.52. The predicted molar refractivity (Wildman–Crippen MR) is 58.2 cm³/mol. The molecule has 0 saturated heterocycles. The van der Waals surface area contributed by atoms with E-state index < -0.39 is 5.97 Å². The highest BCUT2D eigenvalue weighted by atomic mass is 16.5. The Morgan fingerprint density at radius 3 is 2.88 bits per heavy atom. The van der Waals surface area contributed by atoms with E-state index in [1.54, 1.807) is 37.5 Å². The fraction of sp³-hybridized carbons (Fsp3) is 0.182. The molecule has 0 fully saturated rings. The van der Waals surface area contributed by atoms with Crippen molar-refractivity contribution in [3.05, 3.63) is 36.3 Å². The molecule has 0 aliphatic carbocycles. The lowest BCUT2D eigenvalue weighted by molar-refractivity contribution is -0.138. The Balaban J connectivity index is 2.68. The smallest absolute Gasteiger partial charge is 0.350 e. The standard InChI is InChI=1S/C11H11N3O2/c1-2-16-11(15)9(7-12)8-14-10-3-5-13-6-4-10/h3-6,8H,2H2,1H3,(H,13,14)/b9-8-. The van der Waals surface area contributed by atoms with Crippen LogP contribution in [0, 0.1) is 11.3 Å². The van der Waals surface area contributed by atoms with E-state index in [0.717, 1.165) is 5.69 Å². The molecule has 0 amide bonds. The van der Waals surface area contributed by atoms with Crippen LogP contribution in [0.4, 0.5) is 5.69 Å². The molecule has 0 aliphatic rings. The second-order valence-electron chi connectivity index (χ2n) is 2.77. The Kier molecular flexibility index (Phi) is 4.54. The van der Waals surface area contributed by atoms with Gasteiger partial charge in [-0.25, -0.2) is 4.79 Å². The summed E-state index contributed by atoms with van der Waals surface area (Å²) >= 11 is 0. The Morgan fingerprint density at radius 1 is 1.62 bits per heavy atom. The number of hydrogen-bond donors (Lipinski definition) is 1. The molecule has 0 unspecified atom stereocenters. The van der Waals surface area contributed by atoms with Crippen LogP contribution in [0.15, 0.2) is 36.3 Å². The topological polar surface area (TPSA) is 75.0 Å². The highest BCUT2D eigenvalue weighted by Crippen LogP contribution is 2.05.